The summed E-state index contributed by atoms with van der Waals surface area (Å²) in [7, 11) is 0. The van der Waals surface area contributed by atoms with Gasteiger partial charge in [0.1, 0.15) is 11.9 Å². The summed E-state index contributed by atoms with van der Waals surface area (Å²) in [6.45, 7) is 12.1. The lowest BCUT2D eigenvalue weighted by Gasteiger charge is -2.23. The number of aryl methyl sites for hydroxylation is 1. The summed E-state index contributed by atoms with van der Waals surface area (Å²) in [6.07, 6.45) is 16.3. The number of ether oxygens (including phenoxy) is 1. The van der Waals surface area contributed by atoms with Gasteiger partial charge in [0.2, 0.25) is 0 Å². The third kappa shape index (κ3) is 4.61. The fraction of sp³-hybridized carbons (Fsp3) is 0.500. The molecule has 4 rings (SSSR count). The number of hydrogen-bond donors (Lipinski definition) is 2. The average molecular weight is 419 g/mol. The van der Waals surface area contributed by atoms with Crippen molar-refractivity contribution in [2.75, 3.05) is 11.9 Å². The Morgan fingerprint density at radius 3 is 2.87 bits per heavy atom. The van der Waals surface area contributed by atoms with Crippen LogP contribution in [0.5, 0.6) is 5.75 Å². The van der Waals surface area contributed by atoms with Gasteiger partial charge in [-0.1, -0.05) is 44.6 Å². The van der Waals surface area contributed by atoms with E-state index >= 15 is 0 Å². The van der Waals surface area contributed by atoms with Gasteiger partial charge in [0.25, 0.3) is 0 Å². The molecule has 3 nitrogen and oxygen atoms in total. The van der Waals surface area contributed by atoms with Crippen molar-refractivity contribution >= 4 is 11.3 Å². The topological polar surface area (TPSA) is 33.3 Å². The van der Waals surface area contributed by atoms with Crippen LogP contribution < -0.4 is 15.4 Å². The number of hydrogen-bond acceptors (Lipinski definition) is 3. The first-order valence-electron chi connectivity index (χ1n) is 12.1. The van der Waals surface area contributed by atoms with E-state index in [2.05, 4.69) is 75.6 Å². The van der Waals surface area contributed by atoms with Crippen LogP contribution in [0.4, 0.5) is 5.69 Å². The summed E-state index contributed by atoms with van der Waals surface area (Å²) in [4.78, 5) is 0. The lowest BCUT2D eigenvalue weighted by atomic mass is 9.91. The maximum atomic E-state index is 6.42. The van der Waals surface area contributed by atoms with Crippen molar-refractivity contribution < 1.29 is 4.74 Å². The Bertz CT molecular complexity index is 962. The zero-order valence-electron chi connectivity index (χ0n) is 19.9. The van der Waals surface area contributed by atoms with E-state index in [1.54, 1.807) is 0 Å². The second-order valence-electron chi connectivity index (χ2n) is 9.50. The van der Waals surface area contributed by atoms with Crippen LogP contribution in [0.3, 0.4) is 0 Å². The molecule has 0 spiro atoms. The molecule has 3 heteroatoms. The largest absolute Gasteiger partial charge is 0.485 e. The maximum Gasteiger partial charge on any atom is 0.132 e. The van der Waals surface area contributed by atoms with E-state index in [0.29, 0.717) is 5.92 Å². The Morgan fingerprint density at radius 2 is 2.10 bits per heavy atom. The third-order valence-electron chi connectivity index (χ3n) is 6.65. The molecule has 166 valence electrons. The van der Waals surface area contributed by atoms with Crippen LogP contribution in [-0.4, -0.2) is 12.6 Å². The molecular weight excluding hydrogens is 380 g/mol. The molecule has 0 bridgehead atoms. The molecule has 1 aromatic carbocycles. The molecule has 0 saturated heterocycles. The van der Waals surface area contributed by atoms with E-state index in [9.17, 15) is 0 Å². The van der Waals surface area contributed by atoms with E-state index in [1.807, 2.05) is 0 Å². The van der Waals surface area contributed by atoms with Crippen LogP contribution in [-0.2, 0) is 0 Å². The highest BCUT2D eigenvalue weighted by Crippen LogP contribution is 2.47. The number of nitrogens with one attached hydrogen (secondary N) is 2. The Hall–Kier alpha value is -2.42. The zero-order valence-corrected chi connectivity index (χ0v) is 19.9. The van der Waals surface area contributed by atoms with Crippen molar-refractivity contribution in [2.24, 2.45) is 5.92 Å². The molecule has 0 amide bonds. The molecule has 0 radical (unpaired) electrons. The minimum absolute atomic E-state index is 0.253. The Kier molecular flexibility index (Phi) is 6.60. The second kappa shape index (κ2) is 9.38. The first-order chi connectivity index (χ1) is 15.0. The van der Waals surface area contributed by atoms with Crippen molar-refractivity contribution in [1.29, 1.82) is 0 Å². The lowest BCUT2D eigenvalue weighted by molar-refractivity contribution is 0.256. The molecule has 1 aliphatic heterocycles. The minimum Gasteiger partial charge on any atom is -0.485 e. The van der Waals surface area contributed by atoms with Gasteiger partial charge in [0.15, 0.2) is 0 Å². The monoisotopic (exact) mass is 418 g/mol. The van der Waals surface area contributed by atoms with Crippen molar-refractivity contribution in [3.8, 4) is 5.75 Å². The molecule has 2 aliphatic carbocycles. The summed E-state index contributed by atoms with van der Waals surface area (Å²) >= 11 is 0. The SMILES string of the molecule is CC/C(=C\C(C)C)CNC1=C(Nc2c(C)cc3c(c2C)OC2CCCC=C32)C=CCC1. The molecule has 1 heterocycles. The molecular formula is C28H38N2O. The molecule has 31 heavy (non-hydrogen) atoms. The van der Waals surface area contributed by atoms with Crippen molar-refractivity contribution in [3.63, 3.8) is 0 Å². The van der Waals surface area contributed by atoms with Gasteiger partial charge in [0, 0.05) is 29.1 Å². The highest BCUT2D eigenvalue weighted by atomic mass is 16.5. The van der Waals surface area contributed by atoms with Crippen LogP contribution in [0.1, 0.15) is 76.0 Å². The van der Waals surface area contributed by atoms with E-state index in [1.165, 1.54) is 57.8 Å². The quantitative estimate of drug-likeness (QED) is 0.460. The zero-order chi connectivity index (χ0) is 22.0. The van der Waals surface area contributed by atoms with E-state index in [4.69, 9.17) is 4.74 Å². The predicted octanol–water partition coefficient (Wildman–Crippen LogP) is 7.19. The normalized spacial score (nSPS) is 20.4. The smallest absolute Gasteiger partial charge is 0.132 e. The van der Waals surface area contributed by atoms with E-state index in [-0.39, 0.29) is 6.10 Å². The summed E-state index contributed by atoms with van der Waals surface area (Å²) in [5.41, 5.74) is 10.4. The Balaban J connectivity index is 1.60. The summed E-state index contributed by atoms with van der Waals surface area (Å²) in [5, 5.41) is 7.51. The minimum atomic E-state index is 0.253. The van der Waals surface area contributed by atoms with Crippen LogP contribution in [0.25, 0.3) is 5.57 Å². The molecule has 0 aromatic heterocycles. The van der Waals surface area contributed by atoms with Crippen molar-refractivity contribution in [3.05, 3.63) is 64.0 Å². The molecule has 1 unspecified atom stereocenters. The van der Waals surface area contributed by atoms with Crippen molar-refractivity contribution in [1.82, 2.24) is 5.32 Å². The van der Waals surface area contributed by atoms with Gasteiger partial charge < -0.3 is 15.4 Å². The molecule has 0 fully saturated rings. The van der Waals surface area contributed by atoms with Gasteiger partial charge in [-0.05, 0) is 81.6 Å². The van der Waals surface area contributed by atoms with Gasteiger partial charge >= 0.3 is 0 Å². The fourth-order valence-electron chi connectivity index (χ4n) is 5.01. The highest BCUT2D eigenvalue weighted by Gasteiger charge is 2.32. The van der Waals surface area contributed by atoms with Gasteiger partial charge in [-0.2, -0.15) is 0 Å². The number of benzene rings is 1. The third-order valence-corrected chi connectivity index (χ3v) is 6.65. The van der Waals surface area contributed by atoms with Crippen LogP contribution in [0.15, 0.2) is 47.3 Å². The Morgan fingerprint density at radius 1 is 1.26 bits per heavy atom. The summed E-state index contributed by atoms with van der Waals surface area (Å²) < 4.78 is 6.42. The van der Waals surface area contributed by atoms with E-state index in [0.717, 1.165) is 38.0 Å². The lowest BCUT2D eigenvalue weighted by Crippen LogP contribution is -2.22. The number of fused-ring (bicyclic) bond motifs is 3. The van der Waals surface area contributed by atoms with Gasteiger partial charge in [0.05, 0.1) is 5.70 Å². The van der Waals surface area contributed by atoms with E-state index < -0.39 is 0 Å². The maximum absolute atomic E-state index is 6.42. The van der Waals surface area contributed by atoms with Crippen LogP contribution >= 0.6 is 0 Å². The van der Waals surface area contributed by atoms with Gasteiger partial charge in [-0.25, -0.2) is 0 Å². The summed E-state index contributed by atoms with van der Waals surface area (Å²) in [5.74, 6) is 1.67. The number of allylic oxidation sites excluding steroid dienone is 5. The summed E-state index contributed by atoms with van der Waals surface area (Å²) in [6, 6.07) is 2.32. The Labute approximate surface area is 188 Å². The highest BCUT2D eigenvalue weighted by molar-refractivity contribution is 5.83. The molecule has 0 saturated carbocycles. The number of rotatable bonds is 7. The standard InChI is InChI=1S/C28H38N2O/c1-6-21(15-18(2)3)17-29-24-12-8-9-13-25(24)30-27-19(4)16-23-22-11-7-10-14-26(22)31-28(23)20(27)5/h9,11,13,15-16,18,26,29-30H,6-8,10,12,14,17H2,1-5H3/b21-15+. The average Bonchev–Trinajstić information content (AvgIpc) is 3.13. The molecule has 2 N–H and O–H groups in total. The molecule has 1 aromatic rings. The molecule has 3 aliphatic rings. The first-order valence-corrected chi connectivity index (χ1v) is 12.1. The van der Waals surface area contributed by atoms with Gasteiger partial charge in [-0.3, -0.25) is 0 Å². The number of anilines is 1. The predicted molar refractivity (Wildman–Crippen MR) is 132 cm³/mol. The molecule has 1 atom stereocenters. The van der Waals surface area contributed by atoms with Gasteiger partial charge in [-0.15, -0.1) is 0 Å². The van der Waals surface area contributed by atoms with Crippen LogP contribution in [0, 0.1) is 19.8 Å². The second-order valence-corrected chi connectivity index (χ2v) is 9.50. The van der Waals surface area contributed by atoms with Crippen LogP contribution in [0.2, 0.25) is 0 Å². The fourth-order valence-corrected chi connectivity index (χ4v) is 5.01. The first kappa shape index (κ1) is 21.8. The van der Waals surface area contributed by atoms with Crippen molar-refractivity contribution in [2.45, 2.75) is 79.2 Å².